The molecule has 0 aromatic heterocycles. The maximum atomic E-state index is 6.12. The highest BCUT2D eigenvalue weighted by molar-refractivity contribution is 6.20. The molecule has 0 aliphatic heterocycles. The molecule has 0 bridgehead atoms. The number of hydrogen-bond donors (Lipinski definition) is 1. The lowest BCUT2D eigenvalue weighted by atomic mass is 10.0. The van der Waals surface area contributed by atoms with Crippen molar-refractivity contribution in [3.05, 3.63) is 0 Å². The third-order valence-electron chi connectivity index (χ3n) is 4.56. The van der Waals surface area contributed by atoms with E-state index in [0.717, 1.165) is 6.42 Å². The first-order chi connectivity index (χ1) is 10.3. The predicted molar refractivity (Wildman–Crippen MR) is 105 cm³/mol. The summed E-state index contributed by atoms with van der Waals surface area (Å²) in [6, 6.07) is 0. The Balaban J connectivity index is 0. The van der Waals surface area contributed by atoms with E-state index in [4.69, 9.17) is 11.6 Å². The Bertz CT molecular complexity index is 185. The molecule has 1 atom stereocenters. The molecule has 0 amide bonds. The molecule has 0 heterocycles. The molecule has 0 aliphatic carbocycles. The van der Waals surface area contributed by atoms with Gasteiger partial charge in [0.15, 0.2) is 0 Å². The van der Waals surface area contributed by atoms with E-state index in [0.29, 0.717) is 5.38 Å². The van der Waals surface area contributed by atoms with Gasteiger partial charge in [-0.05, 0) is 12.8 Å². The summed E-state index contributed by atoms with van der Waals surface area (Å²) in [6.45, 7) is 4.47. The fourth-order valence-corrected chi connectivity index (χ4v) is 3.10. The summed E-state index contributed by atoms with van der Waals surface area (Å²) in [4.78, 5) is 0. The SMILES string of the molecule is CCCCCCCCCCCCCCCCCC(Cl)CC.N. The molecule has 0 spiro atoms. The molecule has 136 valence electrons. The Morgan fingerprint density at radius 1 is 0.545 bits per heavy atom. The van der Waals surface area contributed by atoms with Gasteiger partial charge in [-0.2, -0.15) is 0 Å². The number of unbranched alkanes of at least 4 members (excludes halogenated alkanes) is 14. The van der Waals surface area contributed by atoms with Gasteiger partial charge < -0.3 is 6.15 Å². The van der Waals surface area contributed by atoms with Gasteiger partial charge in [-0.3, -0.25) is 0 Å². The third-order valence-corrected chi connectivity index (χ3v) is 5.09. The molecular weight excluding hydrogens is 290 g/mol. The van der Waals surface area contributed by atoms with E-state index in [1.165, 1.54) is 103 Å². The van der Waals surface area contributed by atoms with Crippen molar-refractivity contribution in [2.24, 2.45) is 0 Å². The molecule has 0 saturated heterocycles. The van der Waals surface area contributed by atoms with Crippen LogP contribution >= 0.6 is 11.6 Å². The Morgan fingerprint density at radius 2 is 0.864 bits per heavy atom. The maximum Gasteiger partial charge on any atom is 0.0333 e. The van der Waals surface area contributed by atoms with Gasteiger partial charge >= 0.3 is 0 Å². The normalized spacial score (nSPS) is 12.1. The number of alkyl halides is 1. The summed E-state index contributed by atoms with van der Waals surface area (Å²) in [6.07, 6.45) is 23.9. The predicted octanol–water partition coefficient (Wildman–Crippen LogP) is 8.43. The lowest BCUT2D eigenvalue weighted by Crippen LogP contribution is -1.95. The fourth-order valence-electron chi connectivity index (χ4n) is 2.94. The van der Waals surface area contributed by atoms with Gasteiger partial charge in [0.2, 0.25) is 0 Å². The zero-order valence-corrected chi connectivity index (χ0v) is 16.4. The molecule has 0 rings (SSSR count). The summed E-state index contributed by atoms with van der Waals surface area (Å²) in [5.74, 6) is 0. The van der Waals surface area contributed by atoms with Crippen molar-refractivity contribution in [2.75, 3.05) is 0 Å². The van der Waals surface area contributed by atoms with E-state index in [-0.39, 0.29) is 6.15 Å². The zero-order chi connectivity index (χ0) is 15.6. The molecule has 0 aromatic carbocycles. The standard InChI is InChI=1S/C20H41Cl.H3N/c1-3-5-6-7-8-9-10-11-12-13-14-15-16-17-18-19-20(21)4-2;/h20H,3-19H2,1-2H3;1H3. The molecule has 0 saturated carbocycles. The van der Waals surface area contributed by atoms with E-state index >= 15 is 0 Å². The van der Waals surface area contributed by atoms with Gasteiger partial charge in [-0.25, -0.2) is 0 Å². The van der Waals surface area contributed by atoms with Crippen molar-refractivity contribution in [1.29, 1.82) is 0 Å². The van der Waals surface area contributed by atoms with Crippen LogP contribution in [0.3, 0.4) is 0 Å². The lowest BCUT2D eigenvalue weighted by Gasteiger charge is -2.06. The van der Waals surface area contributed by atoms with Crippen molar-refractivity contribution in [3.63, 3.8) is 0 Å². The van der Waals surface area contributed by atoms with Gasteiger partial charge in [0, 0.05) is 5.38 Å². The quantitative estimate of drug-likeness (QED) is 0.210. The van der Waals surface area contributed by atoms with Gasteiger partial charge in [0.25, 0.3) is 0 Å². The van der Waals surface area contributed by atoms with E-state index in [1.807, 2.05) is 0 Å². The lowest BCUT2D eigenvalue weighted by molar-refractivity contribution is 0.527. The second-order valence-corrected chi connectivity index (χ2v) is 7.36. The largest absolute Gasteiger partial charge is 0.344 e. The van der Waals surface area contributed by atoms with Crippen LogP contribution in [0.2, 0.25) is 0 Å². The molecule has 1 nitrogen and oxygen atoms in total. The summed E-state index contributed by atoms with van der Waals surface area (Å²) < 4.78 is 0. The minimum Gasteiger partial charge on any atom is -0.344 e. The minimum absolute atomic E-state index is 0. The van der Waals surface area contributed by atoms with Crippen molar-refractivity contribution < 1.29 is 0 Å². The van der Waals surface area contributed by atoms with Crippen molar-refractivity contribution in [1.82, 2.24) is 6.15 Å². The molecule has 1 unspecified atom stereocenters. The summed E-state index contributed by atoms with van der Waals surface area (Å²) in [7, 11) is 0. The average Bonchev–Trinajstić information content (AvgIpc) is 2.50. The Labute approximate surface area is 146 Å². The molecule has 0 aliphatic rings. The van der Waals surface area contributed by atoms with Crippen LogP contribution in [-0.4, -0.2) is 5.38 Å². The average molecular weight is 334 g/mol. The Kier molecular flexibility index (Phi) is 23.7. The van der Waals surface area contributed by atoms with Gasteiger partial charge in [-0.15, -0.1) is 11.6 Å². The van der Waals surface area contributed by atoms with Crippen LogP contribution in [0.25, 0.3) is 0 Å². The van der Waals surface area contributed by atoms with E-state index in [2.05, 4.69) is 13.8 Å². The molecule has 22 heavy (non-hydrogen) atoms. The second kappa shape index (κ2) is 21.2. The monoisotopic (exact) mass is 333 g/mol. The van der Waals surface area contributed by atoms with Crippen LogP contribution in [0, 0.1) is 0 Å². The Morgan fingerprint density at radius 3 is 1.18 bits per heavy atom. The molecule has 0 radical (unpaired) electrons. The summed E-state index contributed by atoms with van der Waals surface area (Å²) >= 11 is 6.12. The van der Waals surface area contributed by atoms with Crippen molar-refractivity contribution in [2.45, 2.75) is 128 Å². The van der Waals surface area contributed by atoms with Gasteiger partial charge in [-0.1, -0.05) is 110 Å². The first-order valence-electron chi connectivity index (χ1n) is 9.95. The number of halogens is 1. The smallest absolute Gasteiger partial charge is 0.0333 e. The van der Waals surface area contributed by atoms with Gasteiger partial charge in [0.1, 0.15) is 0 Å². The molecule has 2 heteroatoms. The molecule has 0 fully saturated rings. The van der Waals surface area contributed by atoms with Crippen LogP contribution in [-0.2, 0) is 0 Å². The third kappa shape index (κ3) is 20.2. The highest BCUT2D eigenvalue weighted by Gasteiger charge is 2.00. The summed E-state index contributed by atoms with van der Waals surface area (Å²) in [5.41, 5.74) is 0. The van der Waals surface area contributed by atoms with Crippen LogP contribution in [0.4, 0.5) is 0 Å². The first kappa shape index (κ1) is 24.5. The molecule has 0 aromatic rings. The van der Waals surface area contributed by atoms with Crippen molar-refractivity contribution in [3.8, 4) is 0 Å². The van der Waals surface area contributed by atoms with Gasteiger partial charge in [0.05, 0.1) is 0 Å². The zero-order valence-electron chi connectivity index (χ0n) is 15.7. The number of hydrogen-bond acceptors (Lipinski definition) is 1. The molecular formula is C20H44ClN. The maximum absolute atomic E-state index is 6.12. The second-order valence-electron chi connectivity index (χ2n) is 6.74. The van der Waals surface area contributed by atoms with Crippen LogP contribution in [0.1, 0.15) is 123 Å². The topological polar surface area (TPSA) is 35.0 Å². The van der Waals surface area contributed by atoms with E-state index in [1.54, 1.807) is 0 Å². The van der Waals surface area contributed by atoms with E-state index < -0.39 is 0 Å². The summed E-state index contributed by atoms with van der Waals surface area (Å²) in [5, 5.41) is 0.423. The van der Waals surface area contributed by atoms with Crippen molar-refractivity contribution >= 4 is 11.6 Å². The van der Waals surface area contributed by atoms with E-state index in [9.17, 15) is 0 Å². The first-order valence-corrected chi connectivity index (χ1v) is 10.4. The van der Waals surface area contributed by atoms with Crippen LogP contribution in [0.15, 0.2) is 0 Å². The highest BCUT2D eigenvalue weighted by atomic mass is 35.5. The molecule has 3 N–H and O–H groups in total. The van der Waals surface area contributed by atoms with Crippen LogP contribution in [0.5, 0.6) is 0 Å². The Hall–Kier alpha value is 0.250. The number of rotatable bonds is 17. The highest BCUT2D eigenvalue weighted by Crippen LogP contribution is 2.15. The van der Waals surface area contributed by atoms with Crippen LogP contribution < -0.4 is 6.15 Å². The fraction of sp³-hybridized carbons (Fsp3) is 1.00. The minimum atomic E-state index is 0.